The van der Waals surface area contributed by atoms with Crippen LogP contribution in [-0.2, 0) is 9.53 Å². The monoisotopic (exact) mass is 493 g/mol. The molecule has 1 aliphatic rings. The van der Waals surface area contributed by atoms with Crippen LogP contribution in [-0.4, -0.2) is 66.2 Å². The summed E-state index contributed by atoms with van der Waals surface area (Å²) in [5, 5.41) is 1.80. The molecule has 0 N–H and O–H groups in total. The van der Waals surface area contributed by atoms with Crippen LogP contribution in [0.1, 0.15) is 29.6 Å². The smallest absolute Gasteiger partial charge is 0.310 e. The quantitative estimate of drug-likeness (QED) is 0.232. The Labute approximate surface area is 210 Å². The minimum Gasteiger partial charge on any atom is -0.497 e. The summed E-state index contributed by atoms with van der Waals surface area (Å²) in [6.45, 7) is 2.44. The van der Waals surface area contributed by atoms with Gasteiger partial charge in [0.2, 0.25) is 0 Å². The zero-order chi connectivity index (χ0) is 24.6. The van der Waals surface area contributed by atoms with Crippen LogP contribution in [0.4, 0.5) is 0 Å². The maximum atomic E-state index is 13.2. The lowest BCUT2D eigenvalue weighted by Crippen LogP contribution is -2.45. The van der Waals surface area contributed by atoms with E-state index in [1.807, 2.05) is 36.4 Å². The second-order valence-electron chi connectivity index (χ2n) is 8.70. The van der Waals surface area contributed by atoms with Crippen molar-refractivity contribution in [3.05, 3.63) is 60.4 Å². The van der Waals surface area contributed by atoms with Crippen molar-refractivity contribution in [2.45, 2.75) is 24.3 Å². The van der Waals surface area contributed by atoms with Gasteiger partial charge in [-0.3, -0.25) is 14.6 Å². The molecule has 0 bridgehead atoms. The fraction of sp³-hybridized carbons (Fsp3) is 0.407. The summed E-state index contributed by atoms with van der Waals surface area (Å²) in [6.07, 6.45) is 5.37. The van der Waals surface area contributed by atoms with E-state index < -0.39 is 0 Å². The van der Waals surface area contributed by atoms with Gasteiger partial charge in [-0.1, -0.05) is 6.07 Å². The van der Waals surface area contributed by atoms with Crippen molar-refractivity contribution in [3.8, 4) is 5.75 Å². The molecule has 3 heterocycles. The minimum atomic E-state index is -0.226. The fourth-order valence-electron chi connectivity index (χ4n) is 4.69. The van der Waals surface area contributed by atoms with E-state index in [0.29, 0.717) is 30.7 Å². The van der Waals surface area contributed by atoms with Crippen molar-refractivity contribution >= 4 is 34.4 Å². The lowest BCUT2D eigenvalue weighted by Gasteiger charge is -2.37. The Morgan fingerprint density at radius 1 is 1.11 bits per heavy atom. The number of aromatic nitrogens is 2. The Morgan fingerprint density at radius 2 is 2.00 bits per heavy atom. The lowest BCUT2D eigenvalue weighted by atomic mass is 9.81. The minimum absolute atomic E-state index is 0.0588. The SMILES string of the molecule is COC(=O)[C@H]1CN(CCSc2ccccn2)CC[C@H]1CCC(=O)c1ccnc2ccc(OC)cc12. The number of likely N-dealkylation sites (tertiary alicyclic amines) is 1. The molecule has 8 heteroatoms. The summed E-state index contributed by atoms with van der Waals surface area (Å²) in [7, 11) is 3.05. The maximum Gasteiger partial charge on any atom is 0.310 e. The lowest BCUT2D eigenvalue weighted by molar-refractivity contribution is -0.149. The number of benzene rings is 1. The largest absolute Gasteiger partial charge is 0.497 e. The van der Waals surface area contributed by atoms with Gasteiger partial charge in [0.15, 0.2) is 5.78 Å². The molecule has 0 spiro atoms. The van der Waals surface area contributed by atoms with Gasteiger partial charge in [0.1, 0.15) is 5.75 Å². The number of fused-ring (bicyclic) bond motifs is 1. The third-order valence-corrected chi connectivity index (χ3v) is 7.55. The van der Waals surface area contributed by atoms with Crippen LogP contribution >= 0.6 is 11.8 Å². The highest BCUT2D eigenvalue weighted by atomic mass is 32.2. The van der Waals surface area contributed by atoms with E-state index >= 15 is 0 Å². The van der Waals surface area contributed by atoms with Gasteiger partial charge in [-0.25, -0.2) is 4.98 Å². The predicted molar refractivity (Wildman–Crippen MR) is 137 cm³/mol. The Bertz CT molecular complexity index is 1160. The molecule has 0 saturated carbocycles. The number of piperidine rings is 1. The van der Waals surface area contributed by atoms with Gasteiger partial charge in [-0.05, 0) is 61.7 Å². The first-order chi connectivity index (χ1) is 17.1. The summed E-state index contributed by atoms with van der Waals surface area (Å²) in [5.41, 5.74) is 1.41. The first-order valence-electron chi connectivity index (χ1n) is 11.9. The molecule has 0 aliphatic carbocycles. The van der Waals surface area contributed by atoms with E-state index in [2.05, 4.69) is 14.9 Å². The summed E-state index contributed by atoms with van der Waals surface area (Å²) in [4.78, 5) is 36.8. The van der Waals surface area contributed by atoms with Crippen molar-refractivity contribution in [2.75, 3.05) is 39.6 Å². The Morgan fingerprint density at radius 3 is 2.77 bits per heavy atom. The third kappa shape index (κ3) is 6.38. The van der Waals surface area contributed by atoms with Gasteiger partial charge in [-0.15, -0.1) is 11.8 Å². The van der Waals surface area contributed by atoms with Crippen LogP contribution in [0.2, 0.25) is 0 Å². The van der Waals surface area contributed by atoms with Crippen molar-refractivity contribution < 1.29 is 19.1 Å². The van der Waals surface area contributed by atoms with Crippen LogP contribution in [0.5, 0.6) is 5.75 Å². The highest BCUT2D eigenvalue weighted by molar-refractivity contribution is 7.99. The molecular formula is C27H31N3O4S. The molecular weight excluding hydrogens is 462 g/mol. The van der Waals surface area contributed by atoms with Gasteiger partial charge < -0.3 is 14.4 Å². The van der Waals surface area contributed by atoms with Crippen LogP contribution in [0.3, 0.4) is 0 Å². The second-order valence-corrected chi connectivity index (χ2v) is 9.81. The van der Waals surface area contributed by atoms with Crippen LogP contribution < -0.4 is 4.74 Å². The number of Topliss-reactive ketones (excluding diaryl/α,β-unsaturated/α-hetero) is 1. The molecule has 0 amide bonds. The number of thioether (sulfide) groups is 1. The number of ketones is 1. The molecule has 1 aliphatic heterocycles. The molecule has 1 saturated heterocycles. The van der Waals surface area contributed by atoms with Crippen molar-refractivity contribution in [2.24, 2.45) is 11.8 Å². The topological polar surface area (TPSA) is 81.6 Å². The number of rotatable bonds is 10. The molecule has 0 unspecified atom stereocenters. The predicted octanol–water partition coefficient (Wildman–Crippen LogP) is 4.50. The number of carbonyl (C=O) groups is 2. The van der Waals surface area contributed by atoms with E-state index in [-0.39, 0.29) is 23.6 Å². The average molecular weight is 494 g/mol. The number of esters is 1. The van der Waals surface area contributed by atoms with Crippen LogP contribution in [0.15, 0.2) is 59.9 Å². The van der Waals surface area contributed by atoms with Gasteiger partial charge in [0, 0.05) is 48.6 Å². The summed E-state index contributed by atoms with van der Waals surface area (Å²) in [6, 6.07) is 13.2. The Hall–Kier alpha value is -2.97. The second kappa shape index (κ2) is 12.1. The molecule has 3 aromatic rings. The zero-order valence-corrected chi connectivity index (χ0v) is 21.0. The highest BCUT2D eigenvalue weighted by Crippen LogP contribution is 2.31. The van der Waals surface area contributed by atoms with Gasteiger partial charge >= 0.3 is 5.97 Å². The van der Waals surface area contributed by atoms with Crippen molar-refractivity contribution in [1.82, 2.24) is 14.9 Å². The number of methoxy groups -OCH3 is 2. The number of hydrogen-bond acceptors (Lipinski definition) is 8. The molecule has 1 aromatic carbocycles. The molecule has 1 fully saturated rings. The molecule has 4 rings (SSSR count). The molecule has 0 radical (unpaired) electrons. The summed E-state index contributed by atoms with van der Waals surface area (Å²) in [5.74, 6) is 1.36. The molecule has 184 valence electrons. The third-order valence-electron chi connectivity index (χ3n) is 6.63. The Kier molecular flexibility index (Phi) is 8.71. The number of hydrogen-bond donors (Lipinski definition) is 0. The van der Waals surface area contributed by atoms with Crippen LogP contribution in [0, 0.1) is 11.8 Å². The van der Waals surface area contributed by atoms with Gasteiger partial charge in [0.05, 0.1) is 30.7 Å². The van der Waals surface area contributed by atoms with E-state index in [9.17, 15) is 9.59 Å². The maximum absolute atomic E-state index is 13.2. The van der Waals surface area contributed by atoms with E-state index in [4.69, 9.17) is 9.47 Å². The Balaban J connectivity index is 1.36. The molecule has 2 aromatic heterocycles. The van der Waals surface area contributed by atoms with Crippen molar-refractivity contribution in [3.63, 3.8) is 0 Å². The molecule has 2 atom stereocenters. The number of carbonyl (C=O) groups excluding carboxylic acids is 2. The summed E-state index contributed by atoms with van der Waals surface area (Å²) >= 11 is 1.72. The number of pyridine rings is 2. The molecule has 35 heavy (non-hydrogen) atoms. The van der Waals surface area contributed by atoms with Gasteiger partial charge in [0.25, 0.3) is 0 Å². The van der Waals surface area contributed by atoms with Crippen LogP contribution in [0.25, 0.3) is 10.9 Å². The van der Waals surface area contributed by atoms with Gasteiger partial charge in [-0.2, -0.15) is 0 Å². The summed E-state index contributed by atoms with van der Waals surface area (Å²) < 4.78 is 10.5. The number of nitrogens with zero attached hydrogens (tertiary/aromatic N) is 3. The van der Waals surface area contributed by atoms with E-state index in [0.717, 1.165) is 41.2 Å². The number of ether oxygens (including phenoxy) is 2. The fourth-order valence-corrected chi connectivity index (χ4v) is 5.56. The van der Waals surface area contributed by atoms with E-state index in [1.54, 1.807) is 37.3 Å². The first kappa shape index (κ1) is 25.1. The average Bonchev–Trinajstić information content (AvgIpc) is 2.91. The normalized spacial score (nSPS) is 18.3. The standard InChI is InChI=1S/C27H31N3O4S/c1-33-20-7-8-24-22(17-20)21(10-13-28-24)25(31)9-6-19-11-14-30(18-23(19)27(32)34-2)15-16-35-26-5-3-4-12-29-26/h3-5,7-8,10,12-13,17,19,23H,6,9,11,14-16,18H2,1-2H3/t19-,23+/m1/s1. The zero-order valence-electron chi connectivity index (χ0n) is 20.2. The first-order valence-corrected chi connectivity index (χ1v) is 12.9. The molecule has 7 nitrogen and oxygen atoms in total. The highest BCUT2D eigenvalue weighted by Gasteiger charge is 2.35. The van der Waals surface area contributed by atoms with E-state index in [1.165, 1.54) is 7.11 Å². The van der Waals surface area contributed by atoms with Crippen molar-refractivity contribution in [1.29, 1.82) is 0 Å².